The van der Waals surface area contributed by atoms with Gasteiger partial charge in [0.25, 0.3) is 0 Å². The van der Waals surface area contributed by atoms with Gasteiger partial charge in [-0.25, -0.2) is 0 Å². The standard InChI is InChI=1S/C28H29OSi.C2H6Si.2ClH.Zr/c1-30(2,3)29-17-9-12-22-18-20-10-5-7-14-24(20)28(22)26-16-8-15-25-23-13-6-4-11-21(23)19-27(25)26;1-3-2;;;/h4-8,10-11,13-16,18-19,28H,9,12,17H2,1-3H3;1-2H3;2*1H;/q-1;;;;+2/p-2. The Balaban J connectivity index is 0.000000710. The van der Waals surface area contributed by atoms with Crippen molar-refractivity contribution < 1.29 is 52.6 Å². The summed E-state index contributed by atoms with van der Waals surface area (Å²) in [5.41, 5.74) is 5.98. The van der Waals surface area contributed by atoms with E-state index in [1.165, 1.54) is 43.8 Å². The van der Waals surface area contributed by atoms with E-state index >= 15 is 0 Å². The van der Waals surface area contributed by atoms with Crippen molar-refractivity contribution in [2.75, 3.05) is 6.61 Å². The number of allylic oxidation sites excluding steroid dienone is 1. The summed E-state index contributed by atoms with van der Waals surface area (Å²) in [6.07, 6.45) is 4.59. The first-order valence-electron chi connectivity index (χ1n) is 12.3. The summed E-state index contributed by atoms with van der Waals surface area (Å²) in [6.45, 7) is 12.3. The van der Waals surface area contributed by atoms with E-state index < -0.39 is 8.32 Å². The second kappa shape index (κ2) is 13.8. The molecule has 0 N–H and O–H groups in total. The van der Waals surface area contributed by atoms with E-state index in [9.17, 15) is 0 Å². The molecule has 1 unspecified atom stereocenters. The molecule has 0 aliphatic heterocycles. The number of rotatable bonds is 6. The zero-order chi connectivity index (χ0) is 24.3. The summed E-state index contributed by atoms with van der Waals surface area (Å²) >= 11 is 1.74. The molecule has 188 valence electrons. The van der Waals surface area contributed by atoms with Crippen LogP contribution in [-0.4, -0.2) is 20.4 Å². The van der Waals surface area contributed by atoms with Crippen molar-refractivity contribution in [2.24, 2.45) is 0 Å². The van der Waals surface area contributed by atoms with Crippen LogP contribution < -0.4 is 24.8 Å². The van der Waals surface area contributed by atoms with E-state index in [1.54, 1.807) is 23.3 Å². The minimum Gasteiger partial charge on any atom is -1.00 e. The third kappa shape index (κ3) is 7.59. The Morgan fingerprint density at radius 1 is 0.861 bits per heavy atom. The van der Waals surface area contributed by atoms with Gasteiger partial charge in [0, 0.05) is 12.5 Å². The zero-order valence-electron chi connectivity index (χ0n) is 21.9. The Hall–Kier alpha value is -0.873. The third-order valence-corrected chi connectivity index (χ3v) is 7.24. The summed E-state index contributed by atoms with van der Waals surface area (Å²) in [6, 6.07) is 26.9. The smallest absolute Gasteiger partial charge is 1.00 e. The molecule has 0 saturated heterocycles. The maximum Gasteiger partial charge on any atom is -1.00 e. The Morgan fingerprint density at radius 3 is 2.19 bits per heavy atom. The summed E-state index contributed by atoms with van der Waals surface area (Å²) < 4.78 is 6.13. The second-order valence-corrected chi connectivity index (χ2v) is 24.3. The summed E-state index contributed by atoms with van der Waals surface area (Å²) in [5.74, 6) is 0.341. The van der Waals surface area contributed by atoms with Crippen LogP contribution >= 0.6 is 0 Å². The maximum atomic E-state index is 6.13. The van der Waals surface area contributed by atoms with Crippen molar-refractivity contribution in [3.05, 3.63) is 95.1 Å². The van der Waals surface area contributed by atoms with Crippen LogP contribution in [0.3, 0.4) is 0 Å². The van der Waals surface area contributed by atoms with Gasteiger partial charge in [0.05, 0.1) is 0 Å². The van der Waals surface area contributed by atoms with Crippen LogP contribution in [0.25, 0.3) is 27.6 Å². The molecule has 4 aromatic carbocycles. The molecule has 6 heteroatoms. The van der Waals surface area contributed by atoms with Gasteiger partial charge in [-0.15, -0.1) is 33.7 Å². The molecule has 0 radical (unpaired) electrons. The Labute approximate surface area is 245 Å². The molecule has 0 aromatic heterocycles. The van der Waals surface area contributed by atoms with Crippen LogP contribution in [0.5, 0.6) is 0 Å². The van der Waals surface area contributed by atoms with E-state index in [0.29, 0.717) is 5.92 Å². The molecule has 1 aliphatic rings. The topological polar surface area (TPSA) is 9.23 Å². The first-order valence-corrected chi connectivity index (χ1v) is 21.9. The van der Waals surface area contributed by atoms with Crippen molar-refractivity contribution >= 4 is 41.4 Å². The molecule has 5 rings (SSSR count). The average Bonchev–Trinajstić information content (AvgIpc) is 3.34. The van der Waals surface area contributed by atoms with Gasteiger partial charge < -0.3 is 29.2 Å². The van der Waals surface area contributed by atoms with Gasteiger partial charge in [0.2, 0.25) is 0 Å². The van der Waals surface area contributed by atoms with Gasteiger partial charge >= 0.3 is 41.9 Å². The Morgan fingerprint density at radius 2 is 1.47 bits per heavy atom. The Bertz CT molecular complexity index is 1350. The first-order chi connectivity index (χ1) is 16.2. The molecule has 0 heterocycles. The number of hydrogen-bond acceptors (Lipinski definition) is 1. The normalized spacial score (nSPS) is 14.3. The van der Waals surface area contributed by atoms with E-state index in [1.807, 2.05) is 0 Å². The first kappa shape index (κ1) is 31.3. The molecular formula is C30H35Cl2OSi2Zr-. The number of benzene rings is 3. The fourth-order valence-corrected chi connectivity index (χ4v) is 5.64. The molecule has 0 fully saturated rings. The van der Waals surface area contributed by atoms with Gasteiger partial charge in [0.15, 0.2) is 8.32 Å². The van der Waals surface area contributed by atoms with Gasteiger partial charge in [-0.1, -0.05) is 77.9 Å². The average molecular weight is 630 g/mol. The molecule has 0 spiro atoms. The molecule has 1 atom stereocenters. The second-order valence-electron chi connectivity index (χ2n) is 10.4. The van der Waals surface area contributed by atoms with Crippen LogP contribution in [0.15, 0.2) is 78.4 Å². The molecule has 1 aliphatic carbocycles. The van der Waals surface area contributed by atoms with Crippen LogP contribution in [-0.2, 0) is 27.8 Å². The van der Waals surface area contributed by atoms with Crippen LogP contribution in [0.2, 0.25) is 32.7 Å². The van der Waals surface area contributed by atoms with Gasteiger partial charge in [-0.2, -0.15) is 0 Å². The molecule has 4 aromatic rings. The molecular weight excluding hydrogens is 595 g/mol. The fraction of sp³-hybridized carbons (Fsp3) is 0.300. The van der Waals surface area contributed by atoms with E-state index in [2.05, 4.69) is 112 Å². The van der Waals surface area contributed by atoms with Crippen LogP contribution in [0.1, 0.15) is 35.4 Å². The van der Waals surface area contributed by atoms with Crippen molar-refractivity contribution in [3.63, 3.8) is 0 Å². The summed E-state index contributed by atoms with van der Waals surface area (Å²) in [4.78, 5) is 0. The molecule has 0 saturated carbocycles. The Kier molecular flexibility index (Phi) is 12.0. The molecule has 0 bridgehead atoms. The number of fused-ring (bicyclic) bond motifs is 4. The fourth-order valence-electron chi connectivity index (χ4n) is 4.88. The van der Waals surface area contributed by atoms with E-state index in [0.717, 1.165) is 19.4 Å². The van der Waals surface area contributed by atoms with Crippen molar-refractivity contribution in [1.82, 2.24) is 0 Å². The van der Waals surface area contributed by atoms with Crippen molar-refractivity contribution in [2.45, 2.75) is 51.5 Å². The number of halogens is 2. The predicted molar refractivity (Wildman–Crippen MR) is 149 cm³/mol. The minimum atomic E-state index is -1.45. The summed E-state index contributed by atoms with van der Waals surface area (Å²) in [7, 11) is -1.45. The predicted octanol–water partition coefficient (Wildman–Crippen LogP) is 2.66. The van der Waals surface area contributed by atoms with Gasteiger partial charge in [0.1, 0.15) is 0 Å². The minimum absolute atomic E-state index is 0. The van der Waals surface area contributed by atoms with E-state index in [4.69, 9.17) is 4.43 Å². The quantitative estimate of drug-likeness (QED) is 0.181. The summed E-state index contributed by atoms with van der Waals surface area (Å²) in [5, 5.41) is 5.45. The molecule has 36 heavy (non-hydrogen) atoms. The van der Waals surface area contributed by atoms with E-state index in [-0.39, 0.29) is 30.2 Å². The van der Waals surface area contributed by atoms with Gasteiger partial charge in [-0.3, -0.25) is 0 Å². The zero-order valence-corrected chi connectivity index (χ0v) is 27.8. The molecule has 0 amide bonds. The number of hydrogen-bond donors (Lipinski definition) is 0. The van der Waals surface area contributed by atoms with Crippen molar-refractivity contribution in [3.8, 4) is 0 Å². The van der Waals surface area contributed by atoms with Crippen LogP contribution in [0, 0.1) is 0 Å². The van der Waals surface area contributed by atoms with Crippen molar-refractivity contribution in [1.29, 1.82) is 0 Å². The SMILES string of the molecule is C[Si](C)(C)OCCCC1=Cc2ccccc2C1c1cccc2c1[cH-]c1ccccc12.C[Si](C)=[Zr+2].[Cl-].[Cl-]. The maximum absolute atomic E-state index is 6.13. The van der Waals surface area contributed by atoms with Gasteiger partial charge in [-0.05, 0) is 43.6 Å². The largest absolute Gasteiger partial charge is 1.00 e. The molecule has 1 nitrogen and oxygen atoms in total. The van der Waals surface area contributed by atoms with Crippen LogP contribution in [0.4, 0.5) is 0 Å². The third-order valence-electron chi connectivity index (χ3n) is 6.17. The monoisotopic (exact) mass is 627 g/mol.